The first kappa shape index (κ1) is 21.4. The number of hydrogen-bond donors (Lipinski definition) is 0. The van der Waals surface area contributed by atoms with E-state index in [-0.39, 0.29) is 0 Å². The molecular weight excluding hydrogens is 244 g/mol. The van der Waals surface area contributed by atoms with E-state index in [1.54, 1.807) is 0 Å². The van der Waals surface area contributed by atoms with E-state index >= 15 is 0 Å². The van der Waals surface area contributed by atoms with Gasteiger partial charge < -0.3 is 9.80 Å². The van der Waals surface area contributed by atoms with Crippen LogP contribution in [0.3, 0.4) is 0 Å². The summed E-state index contributed by atoms with van der Waals surface area (Å²) in [5, 5.41) is 0. The van der Waals surface area contributed by atoms with E-state index in [1.807, 2.05) is 27.7 Å². The van der Waals surface area contributed by atoms with Gasteiger partial charge in [-0.3, -0.25) is 0 Å². The summed E-state index contributed by atoms with van der Waals surface area (Å²) in [6.07, 6.45) is 0. The molecule has 2 rings (SSSR count). The summed E-state index contributed by atoms with van der Waals surface area (Å²) in [6, 6.07) is 8.36. The lowest BCUT2D eigenvalue weighted by Gasteiger charge is -2.28. The smallest absolute Gasteiger partial charge is 0.0107 e. The molecule has 0 aliphatic carbocycles. The van der Waals surface area contributed by atoms with Crippen molar-refractivity contribution in [1.82, 2.24) is 9.80 Å². The normalized spacial score (nSPS) is 14.8. The van der Waals surface area contributed by atoms with Crippen LogP contribution in [0.4, 0.5) is 0 Å². The van der Waals surface area contributed by atoms with Gasteiger partial charge in [0, 0.05) is 26.2 Å². The van der Waals surface area contributed by atoms with Crippen LogP contribution in [-0.4, -0.2) is 50.1 Å². The third-order valence-electron chi connectivity index (χ3n) is 3.15. The highest BCUT2D eigenvalue weighted by atomic mass is 15.2. The van der Waals surface area contributed by atoms with E-state index < -0.39 is 0 Å². The average Bonchev–Trinajstić information content (AvgIpc) is 2.50. The first-order valence-electron chi connectivity index (χ1n) is 7.99. The van der Waals surface area contributed by atoms with Gasteiger partial charge in [0.15, 0.2) is 0 Å². The lowest BCUT2D eigenvalue weighted by atomic mass is 10.1. The minimum Gasteiger partial charge on any atom is -0.304 e. The molecule has 118 valence electrons. The van der Waals surface area contributed by atoms with Crippen LogP contribution < -0.4 is 0 Å². The van der Waals surface area contributed by atoms with Crippen LogP contribution in [0, 0.1) is 13.8 Å². The lowest BCUT2D eigenvalue weighted by Crippen LogP contribution is -2.42. The van der Waals surface area contributed by atoms with Gasteiger partial charge in [-0.25, -0.2) is 0 Å². The molecule has 2 heteroatoms. The predicted octanol–water partition coefficient (Wildman–Crippen LogP) is 4.22. The van der Waals surface area contributed by atoms with Gasteiger partial charge in [-0.15, -0.1) is 0 Å². The number of nitrogens with zero attached hydrogens (tertiary/aromatic N) is 2. The van der Waals surface area contributed by atoms with Crippen LogP contribution in [-0.2, 0) is 0 Å². The van der Waals surface area contributed by atoms with Crippen LogP contribution in [0.5, 0.6) is 0 Å². The summed E-state index contributed by atoms with van der Waals surface area (Å²) < 4.78 is 0. The minimum atomic E-state index is 1.23. The maximum atomic E-state index is 2.36. The Morgan fingerprint density at radius 1 is 0.650 bits per heavy atom. The molecular formula is C18H36N2. The largest absolute Gasteiger partial charge is 0.304 e. The van der Waals surface area contributed by atoms with Crippen molar-refractivity contribution in [3.63, 3.8) is 0 Å². The molecule has 0 aromatic heterocycles. The molecule has 0 spiro atoms. The number of benzene rings is 1. The van der Waals surface area contributed by atoms with Crippen LogP contribution in [0.2, 0.25) is 0 Å². The Kier molecular flexibility index (Phi) is 15.6. The molecule has 1 aliphatic rings. The highest BCUT2D eigenvalue weighted by Crippen LogP contribution is 2.02. The van der Waals surface area contributed by atoms with Gasteiger partial charge in [-0.2, -0.15) is 0 Å². The van der Waals surface area contributed by atoms with Gasteiger partial charge in [-0.1, -0.05) is 52.0 Å². The third-order valence-corrected chi connectivity index (χ3v) is 3.15. The minimum absolute atomic E-state index is 1.23. The summed E-state index contributed by atoms with van der Waals surface area (Å²) in [4.78, 5) is 4.72. The molecule has 1 heterocycles. The monoisotopic (exact) mass is 280 g/mol. The van der Waals surface area contributed by atoms with Crippen molar-refractivity contribution in [2.75, 3.05) is 40.3 Å². The molecule has 0 radical (unpaired) electrons. The van der Waals surface area contributed by atoms with E-state index in [0.717, 1.165) is 0 Å². The first-order chi connectivity index (χ1) is 9.59. The van der Waals surface area contributed by atoms with Gasteiger partial charge in [0.1, 0.15) is 0 Å². The average molecular weight is 280 g/mol. The van der Waals surface area contributed by atoms with Gasteiger partial charge in [0.2, 0.25) is 0 Å². The number of piperazine rings is 1. The second-order valence-corrected chi connectivity index (χ2v) is 4.69. The van der Waals surface area contributed by atoms with Crippen molar-refractivity contribution in [3.8, 4) is 0 Å². The molecule has 2 nitrogen and oxygen atoms in total. The molecule has 0 bridgehead atoms. The number of likely N-dealkylation sites (N-methyl/N-ethyl adjacent to an activating group) is 2. The van der Waals surface area contributed by atoms with Crippen LogP contribution >= 0.6 is 0 Å². The fourth-order valence-electron chi connectivity index (χ4n) is 1.57. The molecule has 1 fully saturated rings. The molecule has 0 N–H and O–H groups in total. The van der Waals surface area contributed by atoms with Crippen molar-refractivity contribution in [2.24, 2.45) is 0 Å². The zero-order valence-electron chi connectivity index (χ0n) is 15.0. The summed E-state index contributed by atoms with van der Waals surface area (Å²) in [6.45, 7) is 17.2. The predicted molar refractivity (Wildman–Crippen MR) is 93.6 cm³/mol. The van der Waals surface area contributed by atoms with E-state index in [2.05, 4.69) is 62.0 Å². The molecule has 1 aliphatic heterocycles. The molecule has 0 saturated carbocycles. The Morgan fingerprint density at radius 3 is 1.10 bits per heavy atom. The van der Waals surface area contributed by atoms with Gasteiger partial charge in [0.25, 0.3) is 0 Å². The van der Waals surface area contributed by atoms with Crippen molar-refractivity contribution < 1.29 is 0 Å². The summed E-state index contributed by atoms with van der Waals surface area (Å²) in [5.74, 6) is 0. The maximum absolute atomic E-state index is 2.36. The lowest BCUT2D eigenvalue weighted by molar-refractivity contribution is 0.181. The quantitative estimate of drug-likeness (QED) is 0.702. The first-order valence-corrected chi connectivity index (χ1v) is 7.99. The summed E-state index contributed by atoms with van der Waals surface area (Å²) in [5.41, 5.74) is 2.74. The van der Waals surface area contributed by atoms with E-state index in [4.69, 9.17) is 0 Å². The molecule has 1 saturated heterocycles. The summed E-state index contributed by atoms with van der Waals surface area (Å²) in [7, 11) is 4.35. The number of aryl methyl sites for hydroxylation is 2. The van der Waals surface area contributed by atoms with Crippen LogP contribution in [0.15, 0.2) is 24.3 Å². The molecule has 1 aromatic rings. The Morgan fingerprint density at radius 2 is 0.900 bits per heavy atom. The Balaban J connectivity index is 0. The third kappa shape index (κ3) is 11.0. The fourth-order valence-corrected chi connectivity index (χ4v) is 1.57. The van der Waals surface area contributed by atoms with E-state index in [0.29, 0.717) is 0 Å². The Hall–Kier alpha value is -0.860. The zero-order valence-corrected chi connectivity index (χ0v) is 15.0. The number of hydrogen-bond acceptors (Lipinski definition) is 2. The Bertz CT molecular complexity index is 271. The zero-order chi connectivity index (χ0) is 16.0. The van der Waals surface area contributed by atoms with Gasteiger partial charge >= 0.3 is 0 Å². The van der Waals surface area contributed by atoms with Crippen LogP contribution in [0.25, 0.3) is 0 Å². The second-order valence-electron chi connectivity index (χ2n) is 4.69. The topological polar surface area (TPSA) is 6.48 Å². The van der Waals surface area contributed by atoms with Crippen molar-refractivity contribution in [2.45, 2.75) is 41.5 Å². The van der Waals surface area contributed by atoms with Crippen molar-refractivity contribution in [3.05, 3.63) is 35.4 Å². The maximum Gasteiger partial charge on any atom is 0.0107 e. The van der Waals surface area contributed by atoms with E-state index in [1.165, 1.54) is 37.3 Å². The Labute approximate surface area is 127 Å². The van der Waals surface area contributed by atoms with Crippen molar-refractivity contribution in [1.29, 1.82) is 0 Å². The van der Waals surface area contributed by atoms with Gasteiger partial charge in [0.05, 0.1) is 0 Å². The molecule has 1 aromatic carbocycles. The van der Waals surface area contributed by atoms with Gasteiger partial charge in [-0.05, 0) is 39.1 Å². The fraction of sp³-hybridized carbons (Fsp3) is 0.667. The van der Waals surface area contributed by atoms with E-state index in [9.17, 15) is 0 Å². The standard InChI is InChI=1S/C8H10.C6H14N2.2C2H6/c1-7-5-3-4-6-8(7)2;1-7-3-5-8(2)6-4-7;2*1-2/h3-6H,1-2H3;3-6H2,1-2H3;2*1-2H3. The highest BCUT2D eigenvalue weighted by Gasteiger charge is 2.07. The second kappa shape index (κ2) is 14.5. The molecule has 0 atom stereocenters. The SMILES string of the molecule is CC.CC.CN1CCN(C)CC1.Cc1ccccc1C. The van der Waals surface area contributed by atoms with Crippen molar-refractivity contribution >= 4 is 0 Å². The highest BCUT2D eigenvalue weighted by molar-refractivity contribution is 5.23. The van der Waals surface area contributed by atoms with Crippen LogP contribution in [0.1, 0.15) is 38.8 Å². The number of rotatable bonds is 0. The molecule has 20 heavy (non-hydrogen) atoms. The summed E-state index contributed by atoms with van der Waals surface area (Å²) >= 11 is 0. The molecule has 0 amide bonds. The molecule has 0 unspecified atom stereocenters.